The molecule has 2 aromatic heterocycles. The van der Waals surface area contributed by atoms with E-state index < -0.39 is 0 Å². The highest BCUT2D eigenvalue weighted by Gasteiger charge is 2.21. The van der Waals surface area contributed by atoms with Crippen molar-refractivity contribution >= 4 is 17.3 Å². The molecule has 0 aromatic carbocycles. The lowest BCUT2D eigenvalue weighted by molar-refractivity contribution is 0.309. The fraction of sp³-hybridized carbons (Fsp3) is 0.417. The van der Waals surface area contributed by atoms with Gasteiger partial charge in [0.1, 0.15) is 10.9 Å². The zero-order valence-corrected chi connectivity index (χ0v) is 11.4. The van der Waals surface area contributed by atoms with Crippen molar-refractivity contribution in [1.82, 2.24) is 15.0 Å². The first-order valence-electron chi connectivity index (χ1n) is 6.03. The van der Waals surface area contributed by atoms with Gasteiger partial charge in [0, 0.05) is 26.2 Å². The zero-order chi connectivity index (χ0) is 13.2. The molecule has 0 radical (unpaired) electrons. The van der Waals surface area contributed by atoms with Gasteiger partial charge in [0.25, 0.3) is 11.8 Å². The van der Waals surface area contributed by atoms with Crippen LogP contribution in [-0.2, 0) is 0 Å². The SMILES string of the molecule is CN1CCN(c2noc(-c3sccc3C#N)n2)CC1. The number of aromatic nitrogens is 2. The summed E-state index contributed by atoms with van der Waals surface area (Å²) in [5.74, 6) is 1.04. The molecule has 0 aliphatic carbocycles. The van der Waals surface area contributed by atoms with Crippen LogP contribution >= 0.6 is 11.3 Å². The molecule has 98 valence electrons. The Morgan fingerprint density at radius 2 is 2.16 bits per heavy atom. The number of rotatable bonds is 2. The van der Waals surface area contributed by atoms with Crippen LogP contribution < -0.4 is 4.90 Å². The third-order valence-corrected chi connectivity index (χ3v) is 4.08. The van der Waals surface area contributed by atoms with Gasteiger partial charge in [-0.25, -0.2) is 0 Å². The smallest absolute Gasteiger partial charge is 0.270 e. The monoisotopic (exact) mass is 275 g/mol. The molecule has 0 amide bonds. The first-order chi connectivity index (χ1) is 9.28. The van der Waals surface area contributed by atoms with E-state index in [9.17, 15) is 0 Å². The van der Waals surface area contributed by atoms with Gasteiger partial charge in [0.05, 0.1) is 5.56 Å². The second kappa shape index (κ2) is 4.99. The van der Waals surface area contributed by atoms with Gasteiger partial charge in [0.15, 0.2) is 0 Å². The second-order valence-electron chi connectivity index (χ2n) is 4.47. The summed E-state index contributed by atoms with van der Waals surface area (Å²) in [6.07, 6.45) is 0. The van der Waals surface area contributed by atoms with Gasteiger partial charge in [-0.3, -0.25) is 0 Å². The van der Waals surface area contributed by atoms with Crippen LogP contribution in [0.25, 0.3) is 10.8 Å². The number of hydrogen-bond acceptors (Lipinski definition) is 7. The van der Waals surface area contributed by atoms with E-state index in [2.05, 4.69) is 33.1 Å². The summed E-state index contributed by atoms with van der Waals surface area (Å²) in [6.45, 7) is 3.77. The number of anilines is 1. The molecule has 0 bridgehead atoms. The van der Waals surface area contributed by atoms with Crippen LogP contribution in [0.1, 0.15) is 5.56 Å². The fourth-order valence-electron chi connectivity index (χ4n) is 2.01. The van der Waals surface area contributed by atoms with Crippen molar-refractivity contribution in [2.75, 3.05) is 38.1 Å². The maximum atomic E-state index is 9.00. The van der Waals surface area contributed by atoms with Crippen LogP contribution in [0.5, 0.6) is 0 Å². The number of nitrogens with zero attached hydrogens (tertiary/aromatic N) is 5. The Labute approximate surface area is 114 Å². The Morgan fingerprint density at radius 1 is 1.37 bits per heavy atom. The minimum atomic E-state index is 0.431. The molecule has 1 aliphatic rings. The number of nitriles is 1. The molecule has 19 heavy (non-hydrogen) atoms. The van der Waals surface area contributed by atoms with Crippen LogP contribution in [0.3, 0.4) is 0 Å². The van der Waals surface area contributed by atoms with E-state index in [1.165, 1.54) is 11.3 Å². The molecule has 3 heterocycles. The number of hydrogen-bond donors (Lipinski definition) is 0. The predicted octanol–water partition coefficient (Wildman–Crippen LogP) is 1.42. The van der Waals surface area contributed by atoms with Gasteiger partial charge in [-0.2, -0.15) is 10.2 Å². The molecule has 1 fully saturated rings. The van der Waals surface area contributed by atoms with E-state index in [1.807, 2.05) is 5.38 Å². The Bertz CT molecular complexity index is 606. The molecule has 2 aromatic rings. The Kier molecular flexibility index (Phi) is 3.19. The highest BCUT2D eigenvalue weighted by molar-refractivity contribution is 7.13. The van der Waals surface area contributed by atoms with Crippen molar-refractivity contribution in [2.24, 2.45) is 0 Å². The van der Waals surface area contributed by atoms with Gasteiger partial charge in [0.2, 0.25) is 0 Å². The first kappa shape index (κ1) is 12.1. The molecule has 3 rings (SSSR count). The van der Waals surface area contributed by atoms with E-state index in [1.54, 1.807) is 6.07 Å². The molecule has 0 N–H and O–H groups in total. The summed E-state index contributed by atoms with van der Waals surface area (Å²) in [7, 11) is 2.10. The molecule has 6 nitrogen and oxygen atoms in total. The molecule has 0 spiro atoms. The Morgan fingerprint density at radius 3 is 2.89 bits per heavy atom. The summed E-state index contributed by atoms with van der Waals surface area (Å²) in [5.41, 5.74) is 0.582. The van der Waals surface area contributed by atoms with Gasteiger partial charge in [-0.05, 0) is 23.7 Å². The minimum absolute atomic E-state index is 0.431. The van der Waals surface area contributed by atoms with Crippen molar-refractivity contribution in [3.05, 3.63) is 17.0 Å². The standard InChI is InChI=1S/C12H13N5OS/c1-16-3-5-17(6-4-16)12-14-11(18-15-12)10-9(8-13)2-7-19-10/h2,7H,3-6H2,1H3. The Balaban J connectivity index is 1.82. The largest absolute Gasteiger partial charge is 0.336 e. The number of thiophene rings is 1. The van der Waals surface area contributed by atoms with Crippen molar-refractivity contribution in [3.63, 3.8) is 0 Å². The van der Waals surface area contributed by atoms with Crippen LogP contribution in [0, 0.1) is 11.3 Å². The van der Waals surface area contributed by atoms with Gasteiger partial charge in [-0.15, -0.1) is 11.3 Å². The van der Waals surface area contributed by atoms with E-state index in [0.29, 0.717) is 17.4 Å². The zero-order valence-electron chi connectivity index (χ0n) is 10.5. The summed E-state index contributed by atoms with van der Waals surface area (Å²) >= 11 is 1.44. The van der Waals surface area contributed by atoms with Crippen LogP contribution in [0.4, 0.5) is 5.95 Å². The fourth-order valence-corrected chi connectivity index (χ4v) is 2.77. The predicted molar refractivity (Wildman–Crippen MR) is 72.0 cm³/mol. The molecule has 1 saturated heterocycles. The first-order valence-corrected chi connectivity index (χ1v) is 6.91. The van der Waals surface area contributed by atoms with E-state index in [-0.39, 0.29) is 0 Å². The summed E-state index contributed by atoms with van der Waals surface area (Å²) in [4.78, 5) is 9.52. The quantitative estimate of drug-likeness (QED) is 0.825. The van der Waals surface area contributed by atoms with Crippen LogP contribution in [0.2, 0.25) is 0 Å². The summed E-state index contributed by atoms with van der Waals surface area (Å²) < 4.78 is 5.27. The minimum Gasteiger partial charge on any atom is -0.336 e. The lowest BCUT2D eigenvalue weighted by atomic mass is 10.3. The summed E-state index contributed by atoms with van der Waals surface area (Å²) in [5, 5.41) is 14.9. The highest BCUT2D eigenvalue weighted by Crippen LogP contribution is 2.29. The van der Waals surface area contributed by atoms with E-state index in [4.69, 9.17) is 9.78 Å². The van der Waals surface area contributed by atoms with Crippen molar-refractivity contribution in [1.29, 1.82) is 5.26 Å². The van der Waals surface area contributed by atoms with Crippen LogP contribution in [0.15, 0.2) is 16.0 Å². The van der Waals surface area contributed by atoms with Gasteiger partial charge >= 0.3 is 0 Å². The maximum absolute atomic E-state index is 9.00. The van der Waals surface area contributed by atoms with Crippen molar-refractivity contribution < 1.29 is 4.52 Å². The summed E-state index contributed by atoms with van der Waals surface area (Å²) in [6, 6.07) is 3.89. The molecule has 0 unspecified atom stereocenters. The van der Waals surface area contributed by atoms with Crippen LogP contribution in [-0.4, -0.2) is 48.3 Å². The molecule has 7 heteroatoms. The third kappa shape index (κ3) is 2.32. The molecule has 0 saturated carbocycles. The van der Waals surface area contributed by atoms with E-state index >= 15 is 0 Å². The normalized spacial score (nSPS) is 16.5. The van der Waals surface area contributed by atoms with Gasteiger partial charge < -0.3 is 14.3 Å². The topological polar surface area (TPSA) is 69.2 Å². The molecule has 0 atom stereocenters. The van der Waals surface area contributed by atoms with Crippen molar-refractivity contribution in [3.8, 4) is 16.8 Å². The number of likely N-dealkylation sites (N-methyl/N-ethyl adjacent to an activating group) is 1. The molecular formula is C12H13N5OS. The Hall–Kier alpha value is -1.91. The highest BCUT2D eigenvalue weighted by atomic mass is 32.1. The van der Waals surface area contributed by atoms with E-state index in [0.717, 1.165) is 31.1 Å². The average molecular weight is 275 g/mol. The molecular weight excluding hydrogens is 262 g/mol. The third-order valence-electron chi connectivity index (χ3n) is 3.18. The second-order valence-corrected chi connectivity index (χ2v) is 5.38. The number of piperazine rings is 1. The average Bonchev–Trinajstić information content (AvgIpc) is 3.07. The molecule has 1 aliphatic heterocycles. The lowest BCUT2D eigenvalue weighted by Crippen LogP contribution is -2.44. The van der Waals surface area contributed by atoms with Gasteiger partial charge in [-0.1, -0.05) is 0 Å². The van der Waals surface area contributed by atoms with Crippen molar-refractivity contribution in [2.45, 2.75) is 0 Å². The lowest BCUT2D eigenvalue weighted by Gasteiger charge is -2.31. The maximum Gasteiger partial charge on any atom is 0.270 e.